The maximum absolute atomic E-state index is 12.9. The lowest BCUT2D eigenvalue weighted by atomic mass is 10.1. The van der Waals surface area contributed by atoms with Crippen molar-refractivity contribution in [1.82, 2.24) is 13.7 Å². The van der Waals surface area contributed by atoms with Crippen molar-refractivity contribution < 1.29 is 4.74 Å². The molecule has 0 saturated carbocycles. The molecule has 0 N–H and O–H groups in total. The number of benzene rings is 1. The van der Waals surface area contributed by atoms with E-state index in [0.29, 0.717) is 22.5 Å². The van der Waals surface area contributed by atoms with Crippen LogP contribution >= 0.6 is 11.6 Å². The molecular formula is C19H20ClN3O3. The first kappa shape index (κ1) is 17.1. The van der Waals surface area contributed by atoms with E-state index in [1.165, 1.54) is 11.6 Å². The topological polar surface area (TPSA) is 58.2 Å². The summed E-state index contributed by atoms with van der Waals surface area (Å²) in [5.74, 6) is 0. The van der Waals surface area contributed by atoms with Crippen LogP contribution in [-0.4, -0.2) is 26.4 Å². The predicted molar refractivity (Wildman–Crippen MR) is 102 cm³/mol. The Balaban J connectivity index is 2.06. The number of fused-ring (bicyclic) bond motifs is 1. The fourth-order valence-corrected chi connectivity index (χ4v) is 3.91. The molecule has 0 amide bonds. The van der Waals surface area contributed by atoms with E-state index in [4.69, 9.17) is 16.3 Å². The first-order chi connectivity index (χ1) is 12.5. The summed E-state index contributed by atoms with van der Waals surface area (Å²) >= 11 is 6.45. The molecule has 1 aromatic carbocycles. The number of hydrogen-bond acceptors (Lipinski definition) is 3. The zero-order valence-corrected chi connectivity index (χ0v) is 15.5. The Hall–Kier alpha value is -2.31. The fourth-order valence-electron chi connectivity index (χ4n) is 3.68. The average Bonchev–Trinajstić information content (AvgIpc) is 3.27. The molecule has 0 aliphatic carbocycles. The van der Waals surface area contributed by atoms with E-state index >= 15 is 0 Å². The van der Waals surface area contributed by atoms with Crippen molar-refractivity contribution in [3.63, 3.8) is 0 Å². The average molecular weight is 374 g/mol. The maximum atomic E-state index is 12.9. The number of ether oxygens (including phenoxy) is 1. The van der Waals surface area contributed by atoms with Crippen LogP contribution in [0.15, 0.2) is 40.1 Å². The van der Waals surface area contributed by atoms with Crippen LogP contribution in [0.25, 0.3) is 22.2 Å². The Bertz CT molecular complexity index is 1100. The molecule has 0 unspecified atom stereocenters. The lowest BCUT2D eigenvalue weighted by molar-refractivity contribution is 0.0975. The van der Waals surface area contributed by atoms with Gasteiger partial charge < -0.3 is 9.30 Å². The van der Waals surface area contributed by atoms with Crippen LogP contribution in [-0.2, 0) is 25.4 Å². The van der Waals surface area contributed by atoms with Gasteiger partial charge in [-0.25, -0.2) is 4.79 Å². The second-order valence-corrected chi connectivity index (χ2v) is 7.12. The summed E-state index contributed by atoms with van der Waals surface area (Å²) in [6.07, 6.45) is 3.97. The highest BCUT2D eigenvalue weighted by Gasteiger charge is 2.23. The third-order valence-corrected chi connectivity index (χ3v) is 5.39. The van der Waals surface area contributed by atoms with Crippen LogP contribution in [0, 0.1) is 0 Å². The van der Waals surface area contributed by atoms with E-state index in [0.717, 1.165) is 35.3 Å². The Morgan fingerprint density at radius 3 is 2.65 bits per heavy atom. The largest absolute Gasteiger partial charge is 0.376 e. The standard InChI is InChI=1S/C19H20ClN3O3/c1-21-15-11-23(10-12-6-5-9-26-12)17(13-7-3-4-8-14(13)20)16(15)18(24)22(2)19(21)25/h3-4,7-8,11-12H,5-6,9-10H2,1-2H3/t12-/m1/s1. The van der Waals surface area contributed by atoms with Gasteiger partial charge in [0.25, 0.3) is 5.56 Å². The highest BCUT2D eigenvalue weighted by atomic mass is 35.5. The van der Waals surface area contributed by atoms with Gasteiger partial charge in [-0.1, -0.05) is 29.8 Å². The van der Waals surface area contributed by atoms with E-state index in [1.54, 1.807) is 13.1 Å². The summed E-state index contributed by atoms with van der Waals surface area (Å²) in [4.78, 5) is 25.3. The van der Waals surface area contributed by atoms with Gasteiger partial charge in [-0.2, -0.15) is 0 Å². The molecule has 0 spiro atoms. The molecule has 6 nitrogen and oxygen atoms in total. The van der Waals surface area contributed by atoms with Gasteiger partial charge in [0.05, 0.1) is 22.7 Å². The number of nitrogens with zero attached hydrogens (tertiary/aromatic N) is 3. The van der Waals surface area contributed by atoms with Gasteiger partial charge in [0.2, 0.25) is 0 Å². The van der Waals surface area contributed by atoms with E-state index in [9.17, 15) is 9.59 Å². The summed E-state index contributed by atoms with van der Waals surface area (Å²) in [6, 6.07) is 7.45. The number of halogens is 1. The van der Waals surface area contributed by atoms with Gasteiger partial charge in [-0.05, 0) is 18.9 Å². The summed E-state index contributed by atoms with van der Waals surface area (Å²) < 4.78 is 10.4. The zero-order valence-electron chi connectivity index (χ0n) is 14.7. The van der Waals surface area contributed by atoms with Crippen LogP contribution in [0.4, 0.5) is 0 Å². The van der Waals surface area contributed by atoms with E-state index in [2.05, 4.69) is 0 Å². The van der Waals surface area contributed by atoms with Gasteiger partial charge in [0, 0.05) is 44.0 Å². The summed E-state index contributed by atoms with van der Waals surface area (Å²) in [6.45, 7) is 1.37. The maximum Gasteiger partial charge on any atom is 0.330 e. The molecule has 2 aromatic heterocycles. The molecule has 1 saturated heterocycles. The van der Waals surface area contributed by atoms with E-state index in [-0.39, 0.29) is 17.4 Å². The third-order valence-electron chi connectivity index (χ3n) is 5.07. The fraction of sp³-hybridized carbons (Fsp3) is 0.368. The quantitative estimate of drug-likeness (QED) is 0.709. The molecule has 3 aromatic rings. The molecule has 4 rings (SSSR count). The Labute approximate surface area is 155 Å². The SMILES string of the molecule is Cn1c(=O)c2c(-c3ccccc3Cl)n(C[C@H]3CCCO3)cc2n(C)c1=O. The molecule has 136 valence electrons. The van der Waals surface area contributed by atoms with Crippen LogP contribution in [0.1, 0.15) is 12.8 Å². The normalized spacial score (nSPS) is 17.3. The molecule has 7 heteroatoms. The lowest BCUT2D eigenvalue weighted by Crippen LogP contribution is -2.36. The van der Waals surface area contributed by atoms with Crippen molar-refractivity contribution in [2.45, 2.75) is 25.5 Å². The minimum atomic E-state index is -0.345. The molecule has 0 radical (unpaired) electrons. The van der Waals surface area contributed by atoms with E-state index < -0.39 is 0 Å². The molecule has 26 heavy (non-hydrogen) atoms. The molecule has 1 atom stereocenters. The number of hydrogen-bond donors (Lipinski definition) is 0. The first-order valence-corrected chi connectivity index (χ1v) is 9.02. The van der Waals surface area contributed by atoms with Gasteiger partial charge >= 0.3 is 5.69 Å². The van der Waals surface area contributed by atoms with Gasteiger partial charge in [0.15, 0.2) is 0 Å². The predicted octanol–water partition coefficient (Wildman–Crippen LogP) is 2.54. The molecule has 1 aliphatic heterocycles. The van der Waals surface area contributed by atoms with Crippen molar-refractivity contribution in [3.8, 4) is 11.3 Å². The molecular weight excluding hydrogens is 354 g/mol. The molecule has 1 fully saturated rings. The monoisotopic (exact) mass is 373 g/mol. The zero-order chi connectivity index (χ0) is 18.4. The lowest BCUT2D eigenvalue weighted by Gasteiger charge is -2.15. The minimum absolute atomic E-state index is 0.0962. The Morgan fingerprint density at radius 1 is 1.19 bits per heavy atom. The van der Waals surface area contributed by atoms with Crippen molar-refractivity contribution in [2.24, 2.45) is 14.1 Å². The van der Waals surface area contributed by atoms with Crippen molar-refractivity contribution in [3.05, 3.63) is 56.3 Å². The van der Waals surface area contributed by atoms with Crippen molar-refractivity contribution in [1.29, 1.82) is 0 Å². The van der Waals surface area contributed by atoms with Crippen LogP contribution in [0.5, 0.6) is 0 Å². The van der Waals surface area contributed by atoms with E-state index in [1.807, 2.05) is 29.0 Å². The van der Waals surface area contributed by atoms with Crippen LogP contribution in [0.3, 0.4) is 0 Å². The van der Waals surface area contributed by atoms with Crippen LogP contribution in [0.2, 0.25) is 5.02 Å². The minimum Gasteiger partial charge on any atom is -0.376 e. The van der Waals surface area contributed by atoms with Crippen molar-refractivity contribution in [2.75, 3.05) is 6.61 Å². The number of aromatic nitrogens is 3. The number of aryl methyl sites for hydroxylation is 1. The first-order valence-electron chi connectivity index (χ1n) is 8.64. The highest BCUT2D eigenvalue weighted by Crippen LogP contribution is 2.33. The van der Waals surface area contributed by atoms with Gasteiger partial charge in [0.1, 0.15) is 0 Å². The smallest absolute Gasteiger partial charge is 0.330 e. The van der Waals surface area contributed by atoms with Crippen molar-refractivity contribution >= 4 is 22.5 Å². The second kappa shape index (κ2) is 6.45. The second-order valence-electron chi connectivity index (χ2n) is 6.71. The Morgan fingerprint density at radius 2 is 1.96 bits per heavy atom. The molecule has 1 aliphatic rings. The molecule has 3 heterocycles. The highest BCUT2D eigenvalue weighted by molar-refractivity contribution is 6.33. The third kappa shape index (κ3) is 2.61. The van der Waals surface area contributed by atoms with Gasteiger partial charge in [-0.15, -0.1) is 0 Å². The Kier molecular flexibility index (Phi) is 4.25. The molecule has 0 bridgehead atoms. The number of rotatable bonds is 3. The summed E-state index contributed by atoms with van der Waals surface area (Å²) in [5.41, 5.74) is 1.45. The summed E-state index contributed by atoms with van der Waals surface area (Å²) in [7, 11) is 3.18. The summed E-state index contributed by atoms with van der Waals surface area (Å²) in [5, 5.41) is 1.07. The van der Waals surface area contributed by atoms with Crippen LogP contribution < -0.4 is 11.2 Å². The van der Waals surface area contributed by atoms with Gasteiger partial charge in [-0.3, -0.25) is 13.9 Å².